The molecule has 0 spiro atoms. The van der Waals surface area contributed by atoms with E-state index in [2.05, 4.69) is 16.9 Å². The Kier molecular flexibility index (Phi) is 9.02. The van der Waals surface area contributed by atoms with Gasteiger partial charge in [0.2, 0.25) is 5.91 Å². The standard InChI is InChI=1S/C13H12O2S.C9H19N5O/c1-16(14,15)13-9-7-12(8-10-13)11-5-3-2-4-6-11;1-13-4-6-14(7-5-13)8(15)2-3-12-9(10)11/h2-10H,1H3;2-7H2,1H3,(H4,10,11,12). The van der Waals surface area contributed by atoms with Gasteiger partial charge in [-0.25, -0.2) is 8.42 Å². The van der Waals surface area contributed by atoms with Crippen molar-refractivity contribution >= 4 is 21.7 Å². The summed E-state index contributed by atoms with van der Waals surface area (Å²) in [6, 6.07) is 16.8. The second-order valence-electron chi connectivity index (χ2n) is 7.40. The zero-order chi connectivity index (χ0) is 22.9. The van der Waals surface area contributed by atoms with Crippen LogP contribution in [-0.4, -0.2) is 76.1 Å². The minimum Gasteiger partial charge on any atom is -0.370 e. The van der Waals surface area contributed by atoms with Crippen molar-refractivity contribution in [3.05, 3.63) is 54.6 Å². The monoisotopic (exact) mass is 445 g/mol. The van der Waals surface area contributed by atoms with Crippen LogP contribution in [0.3, 0.4) is 0 Å². The second-order valence-corrected chi connectivity index (χ2v) is 9.42. The topological polar surface area (TPSA) is 122 Å². The molecular formula is C22H31N5O3S. The maximum absolute atomic E-state index is 11.6. The van der Waals surface area contributed by atoms with E-state index in [0.29, 0.717) is 17.9 Å². The molecule has 0 saturated carbocycles. The zero-order valence-corrected chi connectivity index (χ0v) is 18.9. The van der Waals surface area contributed by atoms with Crippen LogP contribution in [0.25, 0.3) is 11.1 Å². The van der Waals surface area contributed by atoms with Crippen LogP contribution in [0.5, 0.6) is 0 Å². The Balaban J connectivity index is 0.000000221. The molecule has 0 atom stereocenters. The molecular weight excluding hydrogens is 414 g/mol. The summed E-state index contributed by atoms with van der Waals surface area (Å²) in [6.07, 6.45) is 1.60. The number of guanidine groups is 1. The molecule has 3 rings (SSSR count). The van der Waals surface area contributed by atoms with E-state index in [1.54, 1.807) is 12.1 Å². The summed E-state index contributed by atoms with van der Waals surface area (Å²) in [6.45, 7) is 3.86. The largest absolute Gasteiger partial charge is 0.370 e. The number of hydrogen-bond acceptors (Lipinski definition) is 5. The van der Waals surface area contributed by atoms with Gasteiger partial charge in [0.1, 0.15) is 0 Å². The lowest BCUT2D eigenvalue weighted by atomic mass is 10.1. The second kappa shape index (κ2) is 11.5. The van der Waals surface area contributed by atoms with Gasteiger partial charge in [-0.3, -0.25) is 9.79 Å². The van der Waals surface area contributed by atoms with Crippen molar-refractivity contribution < 1.29 is 13.2 Å². The normalized spacial score (nSPS) is 14.3. The van der Waals surface area contributed by atoms with E-state index in [1.807, 2.05) is 47.4 Å². The number of piperazine rings is 1. The third kappa shape index (κ3) is 8.39. The predicted octanol–water partition coefficient (Wildman–Crippen LogP) is 1.18. The van der Waals surface area contributed by atoms with Gasteiger partial charge in [-0.2, -0.15) is 0 Å². The van der Waals surface area contributed by atoms with Crippen molar-refractivity contribution in [1.82, 2.24) is 9.80 Å². The number of nitrogens with two attached hydrogens (primary N) is 2. The van der Waals surface area contributed by atoms with Crippen LogP contribution in [-0.2, 0) is 14.6 Å². The fourth-order valence-corrected chi connectivity index (χ4v) is 3.65. The van der Waals surface area contributed by atoms with E-state index < -0.39 is 9.84 Å². The summed E-state index contributed by atoms with van der Waals surface area (Å²) >= 11 is 0. The van der Waals surface area contributed by atoms with Gasteiger partial charge in [-0.05, 0) is 30.3 Å². The number of aliphatic imine (C=N–C) groups is 1. The number of benzene rings is 2. The van der Waals surface area contributed by atoms with Gasteiger partial charge in [-0.15, -0.1) is 0 Å². The number of hydrogen-bond donors (Lipinski definition) is 2. The fourth-order valence-electron chi connectivity index (χ4n) is 3.02. The van der Waals surface area contributed by atoms with E-state index in [9.17, 15) is 13.2 Å². The molecule has 1 saturated heterocycles. The van der Waals surface area contributed by atoms with E-state index in [1.165, 1.54) is 6.26 Å². The van der Waals surface area contributed by atoms with Gasteiger partial charge in [-0.1, -0.05) is 42.5 Å². The maximum Gasteiger partial charge on any atom is 0.224 e. The Labute approximate surface area is 184 Å². The molecule has 2 aromatic carbocycles. The average molecular weight is 446 g/mol. The van der Waals surface area contributed by atoms with E-state index in [4.69, 9.17) is 11.5 Å². The number of likely N-dealkylation sites (N-methyl/N-ethyl adjacent to an activating group) is 1. The molecule has 1 aliphatic rings. The molecule has 1 aliphatic heterocycles. The smallest absolute Gasteiger partial charge is 0.224 e. The van der Waals surface area contributed by atoms with Gasteiger partial charge in [0, 0.05) is 38.9 Å². The van der Waals surface area contributed by atoms with Crippen LogP contribution >= 0.6 is 0 Å². The fraction of sp³-hybridized carbons (Fsp3) is 0.364. The van der Waals surface area contributed by atoms with Gasteiger partial charge >= 0.3 is 0 Å². The van der Waals surface area contributed by atoms with Crippen molar-refractivity contribution in [1.29, 1.82) is 0 Å². The predicted molar refractivity (Wildman–Crippen MR) is 124 cm³/mol. The first kappa shape index (κ1) is 24.4. The number of amides is 1. The number of sulfone groups is 1. The van der Waals surface area contributed by atoms with Gasteiger partial charge < -0.3 is 21.3 Å². The van der Waals surface area contributed by atoms with E-state index >= 15 is 0 Å². The third-order valence-electron chi connectivity index (χ3n) is 4.87. The lowest BCUT2D eigenvalue weighted by molar-refractivity contribution is -0.132. The van der Waals surface area contributed by atoms with Crippen molar-refractivity contribution in [2.75, 3.05) is 46.0 Å². The van der Waals surface area contributed by atoms with E-state index in [-0.39, 0.29) is 11.9 Å². The lowest BCUT2D eigenvalue weighted by Gasteiger charge is -2.32. The van der Waals surface area contributed by atoms with Crippen molar-refractivity contribution in [2.45, 2.75) is 11.3 Å². The van der Waals surface area contributed by atoms with Crippen LogP contribution in [0, 0.1) is 0 Å². The molecule has 1 amide bonds. The Morgan fingerprint density at radius 1 is 0.935 bits per heavy atom. The number of nitrogens with zero attached hydrogens (tertiary/aromatic N) is 3. The molecule has 31 heavy (non-hydrogen) atoms. The quantitative estimate of drug-likeness (QED) is 0.526. The summed E-state index contributed by atoms with van der Waals surface area (Å²) in [5.41, 5.74) is 12.4. The molecule has 0 bridgehead atoms. The van der Waals surface area contributed by atoms with Crippen LogP contribution in [0.15, 0.2) is 64.5 Å². The highest BCUT2D eigenvalue weighted by atomic mass is 32.2. The molecule has 2 aromatic rings. The van der Waals surface area contributed by atoms with Gasteiger partial charge in [0.05, 0.1) is 11.4 Å². The minimum atomic E-state index is -3.10. The van der Waals surface area contributed by atoms with Crippen LogP contribution < -0.4 is 11.5 Å². The molecule has 0 unspecified atom stereocenters. The number of rotatable bonds is 5. The molecule has 0 aromatic heterocycles. The Morgan fingerprint density at radius 2 is 1.48 bits per heavy atom. The van der Waals surface area contributed by atoms with Gasteiger partial charge in [0.15, 0.2) is 15.8 Å². The first-order valence-corrected chi connectivity index (χ1v) is 11.9. The van der Waals surface area contributed by atoms with Crippen molar-refractivity contribution in [2.24, 2.45) is 16.5 Å². The Morgan fingerprint density at radius 3 is 2.00 bits per heavy atom. The SMILES string of the molecule is CN1CCN(C(=O)CCN=C(N)N)CC1.CS(=O)(=O)c1ccc(-c2ccccc2)cc1. The lowest BCUT2D eigenvalue weighted by Crippen LogP contribution is -2.47. The molecule has 4 N–H and O–H groups in total. The minimum absolute atomic E-state index is 0.0428. The van der Waals surface area contributed by atoms with Crippen molar-refractivity contribution in [3.63, 3.8) is 0 Å². The molecule has 0 radical (unpaired) electrons. The third-order valence-corrected chi connectivity index (χ3v) is 5.99. The summed E-state index contributed by atoms with van der Waals surface area (Å²) in [5, 5.41) is 0. The first-order valence-electron chi connectivity index (χ1n) is 10.0. The highest BCUT2D eigenvalue weighted by molar-refractivity contribution is 7.90. The maximum atomic E-state index is 11.6. The van der Waals surface area contributed by atoms with Crippen molar-refractivity contribution in [3.8, 4) is 11.1 Å². The highest BCUT2D eigenvalue weighted by Gasteiger charge is 2.18. The summed E-state index contributed by atoms with van der Waals surface area (Å²) in [4.78, 5) is 19.9. The number of carbonyl (C=O) groups is 1. The molecule has 1 heterocycles. The Bertz CT molecular complexity index is 964. The average Bonchev–Trinajstić information content (AvgIpc) is 2.74. The molecule has 0 aliphatic carbocycles. The Hall–Kier alpha value is -2.91. The van der Waals surface area contributed by atoms with Crippen LogP contribution in [0.2, 0.25) is 0 Å². The summed E-state index contributed by atoms with van der Waals surface area (Å²) < 4.78 is 22.6. The molecule has 9 heteroatoms. The molecule has 8 nitrogen and oxygen atoms in total. The highest BCUT2D eigenvalue weighted by Crippen LogP contribution is 2.20. The molecule has 1 fully saturated rings. The number of carbonyl (C=O) groups excluding carboxylic acids is 1. The van der Waals surface area contributed by atoms with E-state index in [0.717, 1.165) is 37.3 Å². The molecule has 168 valence electrons. The zero-order valence-electron chi connectivity index (χ0n) is 18.1. The first-order chi connectivity index (χ1) is 14.7. The van der Waals surface area contributed by atoms with Gasteiger partial charge in [0.25, 0.3) is 0 Å². The summed E-state index contributed by atoms with van der Waals surface area (Å²) in [7, 11) is -1.04. The van der Waals surface area contributed by atoms with Crippen LogP contribution in [0.1, 0.15) is 6.42 Å². The summed E-state index contributed by atoms with van der Waals surface area (Å²) in [5.74, 6) is 0.175. The van der Waals surface area contributed by atoms with Crippen LogP contribution in [0.4, 0.5) is 0 Å².